The highest BCUT2D eigenvalue weighted by Gasteiger charge is 2.52. The third kappa shape index (κ3) is 7.71. The van der Waals surface area contributed by atoms with Crippen molar-refractivity contribution in [2.45, 2.75) is 50.0 Å². The number of sulfonamides is 1. The summed E-state index contributed by atoms with van der Waals surface area (Å²) in [5.41, 5.74) is 0.0684. The maximum atomic E-state index is 13.6. The largest absolute Gasteiger partial charge is 0.480 e. The van der Waals surface area contributed by atoms with E-state index in [2.05, 4.69) is 5.32 Å². The smallest absolute Gasteiger partial charge is 0.410 e. The molecular weight excluding hydrogens is 595 g/mol. The highest BCUT2D eigenvalue weighted by atomic mass is 32.2. The fraction of sp³-hybridized carbons (Fsp3) is 0.323. The molecule has 0 spiro atoms. The Balaban J connectivity index is 1.46. The van der Waals surface area contributed by atoms with E-state index in [1.807, 2.05) is 30.3 Å². The van der Waals surface area contributed by atoms with Gasteiger partial charge in [-0.1, -0.05) is 56.3 Å². The summed E-state index contributed by atoms with van der Waals surface area (Å²) in [7, 11) is -4.03. The molecule has 234 valence electrons. The van der Waals surface area contributed by atoms with Crippen molar-refractivity contribution < 1.29 is 46.5 Å². The number of ether oxygens (including phenoxy) is 3. The van der Waals surface area contributed by atoms with Gasteiger partial charge in [0.25, 0.3) is 0 Å². The zero-order valence-electron chi connectivity index (χ0n) is 24.3. The molecule has 4 rings (SSSR count). The van der Waals surface area contributed by atoms with E-state index in [4.69, 9.17) is 14.2 Å². The van der Waals surface area contributed by atoms with Crippen LogP contribution in [0.3, 0.4) is 0 Å². The van der Waals surface area contributed by atoms with Crippen LogP contribution in [-0.4, -0.2) is 61.3 Å². The van der Waals surface area contributed by atoms with Gasteiger partial charge in [-0.2, -0.15) is 4.31 Å². The number of hydrogen-bond acceptors (Lipinski definition) is 8. The number of aliphatic carboxylic acids is 1. The van der Waals surface area contributed by atoms with E-state index in [0.29, 0.717) is 11.3 Å². The monoisotopic (exact) mass is 628 g/mol. The molecule has 1 heterocycles. The summed E-state index contributed by atoms with van der Waals surface area (Å²) in [5, 5.41) is 11.9. The molecule has 3 aromatic rings. The molecule has 1 saturated heterocycles. The first-order chi connectivity index (χ1) is 20.8. The highest BCUT2D eigenvalue weighted by molar-refractivity contribution is 7.89. The van der Waals surface area contributed by atoms with Crippen molar-refractivity contribution in [2.75, 3.05) is 13.1 Å². The van der Waals surface area contributed by atoms with Crippen LogP contribution >= 0.6 is 0 Å². The molecule has 3 aromatic carbocycles. The average Bonchev–Trinajstić information content (AvgIpc) is 2.95. The molecule has 44 heavy (non-hydrogen) atoms. The van der Waals surface area contributed by atoms with Crippen LogP contribution in [0.2, 0.25) is 0 Å². The lowest BCUT2D eigenvalue weighted by molar-refractivity contribution is -0.169. The molecule has 1 amide bonds. The van der Waals surface area contributed by atoms with Gasteiger partial charge in [0.15, 0.2) is 5.60 Å². The molecule has 0 saturated carbocycles. The summed E-state index contributed by atoms with van der Waals surface area (Å²) in [6, 6.07) is 18.9. The maximum absolute atomic E-state index is 13.6. The lowest BCUT2D eigenvalue weighted by Crippen LogP contribution is -2.64. The van der Waals surface area contributed by atoms with Crippen LogP contribution in [0, 0.1) is 11.7 Å². The molecule has 13 heteroatoms. The molecule has 1 aliphatic heterocycles. The van der Waals surface area contributed by atoms with Crippen molar-refractivity contribution in [2.24, 2.45) is 5.92 Å². The number of carboxylic acid groups (broad SMARTS) is 1. The minimum atomic E-state index is -4.03. The maximum Gasteiger partial charge on any atom is 0.410 e. The van der Waals surface area contributed by atoms with Gasteiger partial charge in [0.1, 0.15) is 17.6 Å². The zero-order valence-corrected chi connectivity index (χ0v) is 25.1. The van der Waals surface area contributed by atoms with Crippen molar-refractivity contribution in [3.8, 4) is 5.75 Å². The molecule has 1 fully saturated rings. The normalized spacial score (nSPS) is 15.8. The van der Waals surface area contributed by atoms with Crippen LogP contribution in [0.4, 0.5) is 9.18 Å². The Labute approximate surface area is 254 Å². The number of rotatable bonds is 12. The number of alkyl carbamates (subject to hydrolysis) is 1. The fourth-order valence-electron chi connectivity index (χ4n) is 4.54. The van der Waals surface area contributed by atoms with Crippen LogP contribution in [0.15, 0.2) is 83.8 Å². The number of nitrogens with one attached hydrogen (secondary N) is 1. The van der Waals surface area contributed by atoms with Gasteiger partial charge in [0.05, 0.1) is 23.9 Å². The number of benzene rings is 3. The third-order valence-corrected chi connectivity index (χ3v) is 8.67. The van der Waals surface area contributed by atoms with Crippen LogP contribution in [0.5, 0.6) is 5.75 Å². The Morgan fingerprint density at radius 3 is 2.23 bits per heavy atom. The molecule has 2 atom stereocenters. The number of amides is 1. The molecule has 0 bridgehead atoms. The van der Waals surface area contributed by atoms with Crippen LogP contribution in [0.1, 0.15) is 31.9 Å². The Morgan fingerprint density at radius 1 is 0.955 bits per heavy atom. The van der Waals surface area contributed by atoms with E-state index in [0.717, 1.165) is 5.56 Å². The van der Waals surface area contributed by atoms with E-state index in [-0.39, 0.29) is 24.4 Å². The van der Waals surface area contributed by atoms with Gasteiger partial charge >= 0.3 is 18.0 Å². The molecule has 0 radical (unpaired) electrons. The van der Waals surface area contributed by atoms with Crippen molar-refractivity contribution in [3.05, 3.63) is 95.8 Å². The van der Waals surface area contributed by atoms with Gasteiger partial charge < -0.3 is 24.6 Å². The third-order valence-electron chi connectivity index (χ3n) is 6.88. The summed E-state index contributed by atoms with van der Waals surface area (Å²) < 4.78 is 58.0. The number of hydrogen-bond donors (Lipinski definition) is 2. The second-order valence-electron chi connectivity index (χ2n) is 10.6. The second kappa shape index (κ2) is 13.4. The van der Waals surface area contributed by atoms with Gasteiger partial charge in [0, 0.05) is 13.3 Å². The van der Waals surface area contributed by atoms with Gasteiger partial charge in [0.2, 0.25) is 16.3 Å². The van der Waals surface area contributed by atoms with Crippen LogP contribution in [0.25, 0.3) is 0 Å². The molecule has 0 aromatic heterocycles. The van der Waals surface area contributed by atoms with E-state index in [1.165, 1.54) is 59.8 Å². The van der Waals surface area contributed by atoms with Crippen molar-refractivity contribution in [1.82, 2.24) is 9.62 Å². The van der Waals surface area contributed by atoms with Gasteiger partial charge in [-0.25, -0.2) is 22.4 Å². The summed E-state index contributed by atoms with van der Waals surface area (Å²) >= 11 is 0. The SMILES string of the molecule is CC(C)C(=O)O[C@@H](C)OC(=O)NC(Cc1cccc(S(=O)(=O)N2CC(Oc3ccc(F)cc3)(c3ccccc3)C2)c1)C(=O)O. The fourth-order valence-corrected chi connectivity index (χ4v) is 6.14. The first-order valence-corrected chi connectivity index (χ1v) is 15.2. The summed E-state index contributed by atoms with van der Waals surface area (Å²) in [5.74, 6) is -2.47. The quantitative estimate of drug-likeness (QED) is 0.224. The second-order valence-corrected chi connectivity index (χ2v) is 12.6. The van der Waals surface area contributed by atoms with E-state index >= 15 is 0 Å². The van der Waals surface area contributed by atoms with Gasteiger partial charge in [-0.3, -0.25) is 4.79 Å². The Hall–Kier alpha value is -4.49. The first kappa shape index (κ1) is 32.4. The standard InChI is InChI=1S/C31H33FN2O9S/c1-20(2)29(37)41-21(3)42-30(38)33-27(28(35)36)17-22-8-7-11-26(16-22)44(39,40)34-18-31(19-34,23-9-5-4-6-10-23)43-25-14-12-24(32)13-15-25/h4-16,20-21,27H,17-19H2,1-3H3,(H,33,38)(H,35,36)/t21-,27?/m1/s1. The van der Waals surface area contributed by atoms with E-state index in [9.17, 15) is 32.3 Å². The van der Waals surface area contributed by atoms with Crippen molar-refractivity contribution in [1.29, 1.82) is 0 Å². The van der Waals surface area contributed by atoms with Gasteiger partial charge in [-0.05, 0) is 47.5 Å². The number of carbonyl (C=O) groups is 3. The number of esters is 1. The highest BCUT2D eigenvalue weighted by Crippen LogP contribution is 2.40. The predicted molar refractivity (Wildman–Crippen MR) is 155 cm³/mol. The van der Waals surface area contributed by atoms with E-state index < -0.39 is 57.7 Å². The zero-order chi connectivity index (χ0) is 32.1. The summed E-state index contributed by atoms with van der Waals surface area (Å²) in [4.78, 5) is 35.8. The Morgan fingerprint density at radius 2 is 1.61 bits per heavy atom. The average molecular weight is 629 g/mol. The molecule has 1 unspecified atom stereocenters. The first-order valence-electron chi connectivity index (χ1n) is 13.8. The lowest BCUT2D eigenvalue weighted by atomic mass is 9.87. The lowest BCUT2D eigenvalue weighted by Gasteiger charge is -2.48. The molecule has 0 aliphatic carbocycles. The number of carboxylic acids is 1. The minimum absolute atomic E-state index is 0.0222. The minimum Gasteiger partial charge on any atom is -0.480 e. The topological polar surface area (TPSA) is 149 Å². The Kier molecular flexibility index (Phi) is 9.90. The molecule has 1 aliphatic rings. The van der Waals surface area contributed by atoms with E-state index in [1.54, 1.807) is 13.8 Å². The number of carbonyl (C=O) groups excluding carboxylic acids is 2. The summed E-state index contributed by atoms with van der Waals surface area (Å²) in [6.45, 7) is 4.48. The van der Waals surface area contributed by atoms with Crippen LogP contribution in [-0.2, 0) is 41.1 Å². The molecular formula is C31H33FN2O9S. The summed E-state index contributed by atoms with van der Waals surface area (Å²) in [6.07, 6.45) is -2.63. The number of nitrogens with zero attached hydrogens (tertiary/aromatic N) is 1. The molecule has 2 N–H and O–H groups in total. The molecule has 11 nitrogen and oxygen atoms in total. The van der Waals surface area contributed by atoms with Gasteiger partial charge in [-0.15, -0.1) is 0 Å². The van der Waals surface area contributed by atoms with Crippen molar-refractivity contribution in [3.63, 3.8) is 0 Å². The van der Waals surface area contributed by atoms with Crippen LogP contribution < -0.4 is 10.1 Å². The van der Waals surface area contributed by atoms with Crippen molar-refractivity contribution >= 4 is 28.1 Å². The Bertz CT molecular complexity index is 1590. The number of halogens is 1. The predicted octanol–water partition coefficient (Wildman–Crippen LogP) is 4.07.